The van der Waals surface area contributed by atoms with Crippen molar-refractivity contribution in [2.24, 2.45) is 0 Å². The van der Waals surface area contributed by atoms with E-state index in [0.717, 1.165) is 68.9 Å². The van der Waals surface area contributed by atoms with Crippen molar-refractivity contribution in [3.05, 3.63) is 241 Å². The Morgan fingerprint density at radius 2 is 1.03 bits per heavy atom. The number of esters is 2. The van der Waals surface area contributed by atoms with E-state index in [0.29, 0.717) is 58.4 Å². The normalized spacial score (nSPS) is 15.3. The molecule has 0 bridgehead atoms. The van der Waals surface area contributed by atoms with E-state index in [1.807, 2.05) is 170 Å². The molecule has 3 N–H and O–H groups in total. The Labute approximate surface area is 580 Å². The van der Waals surface area contributed by atoms with Crippen molar-refractivity contribution >= 4 is 67.0 Å². The Kier molecular flexibility index (Phi) is 33.2. The number of hydrogen-bond acceptors (Lipinski definition) is 14. The van der Waals surface area contributed by atoms with Crippen molar-refractivity contribution in [3.8, 4) is 11.5 Å². The van der Waals surface area contributed by atoms with E-state index < -0.39 is 79.2 Å². The summed E-state index contributed by atoms with van der Waals surface area (Å²) in [5.41, 5.74) is 3.69. The second kappa shape index (κ2) is 41.3. The molecule has 0 aliphatic carbocycles. The topological polar surface area (TPSA) is 213 Å². The van der Waals surface area contributed by atoms with Crippen LogP contribution in [0.5, 0.6) is 11.5 Å². The standard InChI is InChI=1S/C31H34N2O6S.C16H18O2S.C14H20N2O2S.C13H12O2S.V/c1-21(31(36)38-19-11-10-14-22-12-4-3-5-13-22)33-30(35)25(32-2)20-28(34)39-29-23-15-6-8-17-26(23)40(37)27-18-9-7-16-24(27)29;1-2-3-13-18-14-9-11-16(12-10-14)19(17)15-7-5-4-6-8-15;1-15-13(11-12-5-3-2-4-6-12)14(17)16-7-9-19(18)10-8-16;1-15-11-7-9-13(10-8-11)16(14)12-5-3-2-4-6-12;/h3-9,12-13,15-18,21,25,29,32H,10-11,14,19-20H2,1-2H3,(H,33,35);4-12H,2-3,13H2,1H3;2-6,13,15H,7-11H2,1H3;2-10H,1H3;. The third kappa shape index (κ3) is 24.2. The molecule has 8 aromatic carbocycles. The molecule has 1 fully saturated rings. The van der Waals surface area contributed by atoms with Crippen LogP contribution < -0.4 is 25.4 Å². The predicted octanol–water partition coefficient (Wildman–Crippen LogP) is 11.1. The molecule has 1 saturated heterocycles. The Morgan fingerprint density at radius 3 is 1.53 bits per heavy atom. The van der Waals surface area contributed by atoms with E-state index in [4.69, 9.17) is 18.9 Å². The summed E-state index contributed by atoms with van der Waals surface area (Å²) in [6.45, 7) is 5.90. The van der Waals surface area contributed by atoms with Gasteiger partial charge in [0.05, 0.1) is 81.0 Å². The summed E-state index contributed by atoms with van der Waals surface area (Å²) in [4.78, 5) is 56.9. The van der Waals surface area contributed by atoms with Crippen molar-refractivity contribution in [2.45, 2.75) is 112 Å². The first kappa shape index (κ1) is 76.4. The van der Waals surface area contributed by atoms with Gasteiger partial charge in [0.1, 0.15) is 17.5 Å². The molecule has 0 saturated carbocycles. The molecule has 21 heteroatoms. The maximum atomic E-state index is 13.0. The molecule has 5 unspecified atom stereocenters. The van der Waals surface area contributed by atoms with Crippen LogP contribution in [0, 0.1) is 0 Å². The van der Waals surface area contributed by atoms with Crippen molar-refractivity contribution < 1.29 is 73.5 Å². The number of carbonyl (C=O) groups excluding carboxylic acids is 4. The summed E-state index contributed by atoms with van der Waals surface area (Å²) in [5.74, 6) is 1.28. The Balaban J connectivity index is 0.000000218. The van der Waals surface area contributed by atoms with Crippen LogP contribution in [0.25, 0.3) is 0 Å². The fourth-order valence-corrected chi connectivity index (χ4v) is 14.4. The average Bonchev–Trinajstić information content (AvgIpc) is 0.763. The number of likely N-dealkylation sites (N-methyl/N-ethyl adjacent to an activating group) is 2. The van der Waals surface area contributed by atoms with Crippen molar-refractivity contribution in [3.63, 3.8) is 0 Å². The maximum absolute atomic E-state index is 13.0. The number of benzene rings is 8. The van der Waals surface area contributed by atoms with E-state index in [2.05, 4.69) is 35.0 Å². The number of nitrogens with one attached hydrogen (secondary N) is 3. The van der Waals surface area contributed by atoms with Crippen LogP contribution in [0.2, 0.25) is 0 Å². The maximum Gasteiger partial charge on any atom is 0.328 e. The van der Waals surface area contributed by atoms with Gasteiger partial charge in [-0.3, -0.25) is 18.6 Å². The Hall–Kier alpha value is -7.66. The number of rotatable bonds is 25. The molecule has 1 radical (unpaired) electrons. The van der Waals surface area contributed by atoms with Crippen LogP contribution in [-0.2, 0) is 103 Å². The van der Waals surface area contributed by atoms with Gasteiger partial charge in [-0.25, -0.2) is 17.4 Å². The number of aryl methyl sites for hydroxylation is 1. The molecule has 2 amide bonds. The molecular formula is C74H84N4O12S4V. The summed E-state index contributed by atoms with van der Waals surface area (Å²) < 4.78 is 70.6. The molecular weight excluding hydrogens is 1320 g/mol. The molecule has 2 heterocycles. The van der Waals surface area contributed by atoms with Crippen molar-refractivity contribution in [1.29, 1.82) is 0 Å². The summed E-state index contributed by atoms with van der Waals surface area (Å²) in [7, 11) is 0.628. The number of nitrogens with zero attached hydrogens (tertiary/aromatic N) is 1. The molecule has 2 aliphatic heterocycles. The molecule has 5 atom stereocenters. The minimum absolute atomic E-state index is 0. The average molecular weight is 1400 g/mol. The Bertz CT molecular complexity index is 3690. The van der Waals surface area contributed by atoms with E-state index in [9.17, 15) is 36.0 Å². The SMILES string of the molecule is CCCCOc1ccc(S(=O)c2ccccc2)cc1.CNC(CC(=O)OC1c2ccccc2S(=O)c2ccccc21)C(=O)NC(C)C(=O)OCCCCc1ccccc1.CNC(Cc1ccccc1)C(=O)N1CCS(=O)CC1.COc1ccc(S(=O)c2ccccc2)cc1.[V]. The molecule has 2 aliphatic rings. The first-order valence-corrected chi connectivity index (χ1v) is 36.3. The molecule has 501 valence electrons. The second-order valence-electron chi connectivity index (χ2n) is 21.8. The number of methoxy groups -OCH3 is 1. The fraction of sp³-hybridized carbons (Fsp3) is 0.297. The van der Waals surface area contributed by atoms with E-state index >= 15 is 0 Å². The molecule has 0 aromatic heterocycles. The fourth-order valence-electron chi connectivity index (χ4n) is 9.86. The predicted molar refractivity (Wildman–Crippen MR) is 370 cm³/mol. The van der Waals surface area contributed by atoms with Crippen molar-refractivity contribution in [1.82, 2.24) is 20.9 Å². The van der Waals surface area contributed by atoms with Gasteiger partial charge in [0.15, 0.2) is 6.10 Å². The quantitative estimate of drug-likeness (QED) is 0.0359. The summed E-state index contributed by atoms with van der Waals surface area (Å²) in [6.07, 6.45) is 4.37. The molecule has 10 rings (SSSR count). The summed E-state index contributed by atoms with van der Waals surface area (Å²) in [6, 6.07) is 66.0. The van der Waals surface area contributed by atoms with Crippen molar-refractivity contribution in [2.75, 3.05) is 59.0 Å². The van der Waals surface area contributed by atoms with Gasteiger partial charge < -0.3 is 39.8 Å². The Morgan fingerprint density at radius 1 is 0.568 bits per heavy atom. The monoisotopic (exact) mass is 1400 g/mol. The second-order valence-corrected chi connectivity index (χ2v) is 27.9. The van der Waals surface area contributed by atoms with Gasteiger partial charge >= 0.3 is 11.9 Å². The number of fused-ring (bicyclic) bond motifs is 2. The van der Waals surface area contributed by atoms with Crippen LogP contribution in [0.15, 0.2) is 248 Å². The third-order valence-corrected chi connectivity index (χ3v) is 20.8. The molecule has 0 spiro atoms. The first-order valence-electron chi connectivity index (χ1n) is 31.3. The largest absolute Gasteiger partial charge is 0.497 e. The van der Waals surface area contributed by atoms with Gasteiger partial charge in [0, 0.05) is 84.7 Å². The van der Waals surface area contributed by atoms with Crippen LogP contribution in [0.3, 0.4) is 0 Å². The number of amides is 2. The molecule has 8 aromatic rings. The van der Waals surface area contributed by atoms with Gasteiger partial charge in [-0.05, 0) is 149 Å². The smallest absolute Gasteiger partial charge is 0.328 e. The first-order chi connectivity index (χ1) is 45.7. The van der Waals surface area contributed by atoms with Crippen LogP contribution >= 0.6 is 0 Å². The minimum Gasteiger partial charge on any atom is -0.497 e. The van der Waals surface area contributed by atoms with Crippen LogP contribution in [0.1, 0.15) is 74.3 Å². The zero-order valence-corrected chi connectivity index (χ0v) is 58.9. The van der Waals surface area contributed by atoms with Gasteiger partial charge in [-0.2, -0.15) is 0 Å². The number of hydrogen-bond donors (Lipinski definition) is 3. The van der Waals surface area contributed by atoms with Gasteiger partial charge in [-0.1, -0.05) is 147 Å². The van der Waals surface area contributed by atoms with Crippen LogP contribution in [0.4, 0.5) is 0 Å². The number of ether oxygens (including phenoxy) is 4. The van der Waals surface area contributed by atoms with E-state index in [1.165, 1.54) is 5.56 Å². The van der Waals surface area contributed by atoms with Gasteiger partial charge in [-0.15, -0.1) is 0 Å². The number of carbonyl (C=O) groups is 4. The van der Waals surface area contributed by atoms with Gasteiger partial charge in [0.25, 0.3) is 0 Å². The molecule has 95 heavy (non-hydrogen) atoms. The minimum atomic E-state index is -1.38. The van der Waals surface area contributed by atoms with E-state index in [1.54, 1.807) is 69.6 Å². The third-order valence-electron chi connectivity index (χ3n) is 15.2. The van der Waals surface area contributed by atoms with Gasteiger partial charge in [0.2, 0.25) is 11.8 Å². The molecule has 16 nitrogen and oxygen atoms in total. The number of unbranched alkanes of at least 4 members (excludes halogenated alkanes) is 2. The summed E-state index contributed by atoms with van der Waals surface area (Å²) >= 11 is 0. The van der Waals surface area contributed by atoms with Crippen LogP contribution in [-0.4, -0.2) is 123 Å². The zero-order valence-electron chi connectivity index (χ0n) is 54.2. The zero-order chi connectivity index (χ0) is 67.0. The van der Waals surface area contributed by atoms with E-state index in [-0.39, 0.29) is 43.5 Å². The summed E-state index contributed by atoms with van der Waals surface area (Å²) in [5, 5.41) is 8.53.